The standard InChI is InChI=1S/C16H26N2O2S2/c19-22(20,16-9-6-12-21-16)17-15-8-3-2-7-14(15)13-18-10-4-1-5-11-18/h6,9,12,14-15,17H,1-5,7-8,10-11,13H2. The lowest BCUT2D eigenvalue weighted by Gasteiger charge is -2.37. The molecule has 4 nitrogen and oxygen atoms in total. The molecule has 1 aliphatic heterocycles. The Labute approximate surface area is 138 Å². The van der Waals surface area contributed by atoms with Crippen LogP contribution in [-0.4, -0.2) is 39.0 Å². The molecule has 1 aliphatic carbocycles. The third kappa shape index (κ3) is 4.10. The predicted octanol–water partition coefficient (Wildman–Crippen LogP) is 3.07. The van der Waals surface area contributed by atoms with E-state index < -0.39 is 10.0 Å². The topological polar surface area (TPSA) is 49.4 Å². The summed E-state index contributed by atoms with van der Waals surface area (Å²) in [5.74, 6) is 0.460. The fourth-order valence-electron chi connectivity index (χ4n) is 3.73. The third-order valence-electron chi connectivity index (χ3n) is 4.92. The minimum atomic E-state index is -3.34. The molecular formula is C16H26N2O2S2. The summed E-state index contributed by atoms with van der Waals surface area (Å²) in [5, 5.41) is 1.82. The Morgan fingerprint density at radius 1 is 1.14 bits per heavy atom. The first-order valence-corrected chi connectivity index (χ1v) is 10.8. The number of rotatable bonds is 5. The summed E-state index contributed by atoms with van der Waals surface area (Å²) in [6.07, 6.45) is 8.41. The summed E-state index contributed by atoms with van der Waals surface area (Å²) in [4.78, 5) is 2.53. The maximum atomic E-state index is 12.5. The zero-order chi connectivity index (χ0) is 15.4. The van der Waals surface area contributed by atoms with E-state index in [1.165, 1.54) is 50.1 Å². The molecule has 6 heteroatoms. The lowest BCUT2D eigenvalue weighted by atomic mass is 9.84. The number of sulfonamides is 1. The van der Waals surface area contributed by atoms with Crippen molar-refractivity contribution in [2.24, 2.45) is 5.92 Å². The van der Waals surface area contributed by atoms with Gasteiger partial charge >= 0.3 is 0 Å². The molecule has 0 bridgehead atoms. The van der Waals surface area contributed by atoms with Crippen molar-refractivity contribution in [2.75, 3.05) is 19.6 Å². The summed E-state index contributed by atoms with van der Waals surface area (Å²) in [7, 11) is -3.34. The molecule has 22 heavy (non-hydrogen) atoms. The van der Waals surface area contributed by atoms with Gasteiger partial charge in [0.05, 0.1) is 0 Å². The molecule has 2 aliphatic rings. The smallest absolute Gasteiger partial charge is 0.250 e. The van der Waals surface area contributed by atoms with Gasteiger partial charge in [0.15, 0.2) is 0 Å². The zero-order valence-corrected chi connectivity index (χ0v) is 14.7. The Morgan fingerprint density at radius 3 is 2.64 bits per heavy atom. The first-order valence-electron chi connectivity index (χ1n) is 8.43. The first-order chi connectivity index (χ1) is 10.6. The number of hydrogen-bond acceptors (Lipinski definition) is 4. The van der Waals surface area contributed by atoms with Crippen LogP contribution in [0.4, 0.5) is 0 Å². The van der Waals surface area contributed by atoms with E-state index in [4.69, 9.17) is 0 Å². The van der Waals surface area contributed by atoms with E-state index in [0.717, 1.165) is 25.8 Å². The van der Waals surface area contributed by atoms with E-state index in [9.17, 15) is 8.42 Å². The number of hydrogen-bond donors (Lipinski definition) is 1. The van der Waals surface area contributed by atoms with E-state index in [0.29, 0.717) is 10.1 Å². The summed E-state index contributed by atoms with van der Waals surface area (Å²) >= 11 is 1.29. The van der Waals surface area contributed by atoms with Gasteiger partial charge in [-0.25, -0.2) is 13.1 Å². The summed E-state index contributed by atoms with van der Waals surface area (Å²) in [6.45, 7) is 3.42. The Kier molecular flexibility index (Phi) is 5.55. The minimum absolute atomic E-state index is 0.0998. The van der Waals surface area contributed by atoms with E-state index in [2.05, 4.69) is 9.62 Å². The van der Waals surface area contributed by atoms with Crippen LogP contribution in [0.25, 0.3) is 0 Å². The SMILES string of the molecule is O=S(=O)(NC1CCCCC1CN1CCCCC1)c1cccs1. The highest BCUT2D eigenvalue weighted by Gasteiger charge is 2.31. The van der Waals surface area contributed by atoms with Crippen molar-refractivity contribution in [1.29, 1.82) is 0 Å². The molecule has 2 atom stereocenters. The largest absolute Gasteiger partial charge is 0.303 e. The number of thiophene rings is 1. The van der Waals surface area contributed by atoms with Crippen molar-refractivity contribution < 1.29 is 8.42 Å². The highest BCUT2D eigenvalue weighted by Crippen LogP contribution is 2.28. The van der Waals surface area contributed by atoms with Gasteiger partial charge in [-0.15, -0.1) is 11.3 Å². The van der Waals surface area contributed by atoms with Crippen molar-refractivity contribution in [1.82, 2.24) is 9.62 Å². The lowest BCUT2D eigenvalue weighted by Crippen LogP contribution is -2.47. The van der Waals surface area contributed by atoms with Gasteiger partial charge in [0.25, 0.3) is 0 Å². The molecule has 0 radical (unpaired) electrons. The molecular weight excluding hydrogens is 316 g/mol. The molecule has 2 unspecified atom stereocenters. The van der Waals surface area contributed by atoms with Gasteiger partial charge in [-0.2, -0.15) is 0 Å². The van der Waals surface area contributed by atoms with Crippen LogP contribution in [0, 0.1) is 5.92 Å². The third-order valence-corrected chi connectivity index (χ3v) is 7.80. The van der Waals surface area contributed by atoms with Crippen LogP contribution in [0.15, 0.2) is 21.7 Å². The fourth-order valence-corrected chi connectivity index (χ4v) is 6.08. The molecule has 1 N–H and O–H groups in total. The van der Waals surface area contributed by atoms with E-state index in [1.54, 1.807) is 12.1 Å². The Hall–Kier alpha value is -0.430. The number of nitrogens with zero attached hydrogens (tertiary/aromatic N) is 1. The highest BCUT2D eigenvalue weighted by atomic mass is 32.2. The maximum absolute atomic E-state index is 12.5. The molecule has 1 aromatic heterocycles. The molecule has 0 spiro atoms. The Morgan fingerprint density at radius 2 is 1.91 bits per heavy atom. The predicted molar refractivity (Wildman–Crippen MR) is 90.7 cm³/mol. The molecule has 2 heterocycles. The second-order valence-corrected chi connectivity index (χ2v) is 9.45. The maximum Gasteiger partial charge on any atom is 0.250 e. The van der Waals surface area contributed by atoms with Crippen LogP contribution in [-0.2, 0) is 10.0 Å². The van der Waals surface area contributed by atoms with Gasteiger partial charge in [-0.1, -0.05) is 25.3 Å². The lowest BCUT2D eigenvalue weighted by molar-refractivity contribution is 0.156. The van der Waals surface area contributed by atoms with Crippen LogP contribution in [0.2, 0.25) is 0 Å². The van der Waals surface area contributed by atoms with Gasteiger partial charge < -0.3 is 4.90 Å². The molecule has 3 rings (SSSR count). The van der Waals surface area contributed by atoms with Gasteiger partial charge in [0, 0.05) is 12.6 Å². The van der Waals surface area contributed by atoms with Gasteiger partial charge in [0.1, 0.15) is 4.21 Å². The molecule has 1 saturated heterocycles. The highest BCUT2D eigenvalue weighted by molar-refractivity contribution is 7.91. The van der Waals surface area contributed by atoms with E-state index in [-0.39, 0.29) is 6.04 Å². The molecule has 124 valence electrons. The average Bonchev–Trinajstić information content (AvgIpc) is 3.05. The second kappa shape index (κ2) is 7.43. The minimum Gasteiger partial charge on any atom is -0.303 e. The monoisotopic (exact) mass is 342 g/mol. The van der Waals surface area contributed by atoms with Crippen LogP contribution in [0.1, 0.15) is 44.9 Å². The van der Waals surface area contributed by atoms with Crippen LogP contribution < -0.4 is 4.72 Å². The van der Waals surface area contributed by atoms with Crippen molar-refractivity contribution in [3.8, 4) is 0 Å². The first kappa shape index (κ1) is 16.4. The molecule has 1 aromatic rings. The van der Waals surface area contributed by atoms with E-state index >= 15 is 0 Å². The van der Waals surface area contributed by atoms with Gasteiger partial charge in [-0.3, -0.25) is 0 Å². The Bertz CT molecular complexity index is 551. The Balaban J connectivity index is 1.64. The number of likely N-dealkylation sites (tertiary alicyclic amines) is 1. The zero-order valence-electron chi connectivity index (χ0n) is 13.0. The van der Waals surface area contributed by atoms with Crippen molar-refractivity contribution in [3.63, 3.8) is 0 Å². The number of piperidine rings is 1. The van der Waals surface area contributed by atoms with Crippen molar-refractivity contribution >= 4 is 21.4 Å². The average molecular weight is 343 g/mol. The molecule has 1 saturated carbocycles. The normalized spacial score (nSPS) is 27.8. The van der Waals surface area contributed by atoms with E-state index in [1.807, 2.05) is 5.38 Å². The van der Waals surface area contributed by atoms with Crippen molar-refractivity contribution in [2.45, 2.75) is 55.2 Å². The molecule has 2 fully saturated rings. The quantitative estimate of drug-likeness (QED) is 0.895. The van der Waals surface area contributed by atoms with Crippen LogP contribution in [0.3, 0.4) is 0 Å². The van der Waals surface area contributed by atoms with Gasteiger partial charge in [0.2, 0.25) is 10.0 Å². The van der Waals surface area contributed by atoms with Gasteiger partial charge in [-0.05, 0) is 56.1 Å². The summed E-state index contributed by atoms with van der Waals surface area (Å²) in [5.41, 5.74) is 0. The van der Waals surface area contributed by atoms with Crippen molar-refractivity contribution in [3.05, 3.63) is 17.5 Å². The fraction of sp³-hybridized carbons (Fsp3) is 0.750. The second-order valence-electron chi connectivity index (χ2n) is 6.57. The summed E-state index contributed by atoms with van der Waals surface area (Å²) < 4.78 is 28.4. The van der Waals surface area contributed by atoms with Crippen LogP contribution >= 0.6 is 11.3 Å². The number of nitrogens with one attached hydrogen (secondary N) is 1. The molecule has 0 amide bonds. The summed E-state index contributed by atoms with van der Waals surface area (Å²) in [6, 6.07) is 3.59. The van der Waals surface area contributed by atoms with Crippen LogP contribution in [0.5, 0.6) is 0 Å². The molecule has 0 aromatic carbocycles.